The fraction of sp³-hybridized carbons (Fsp3) is 0.833. The standard InChI is InChI=1S/C12H26Ge/c1-7-13(8-2,9-3)11-10-12(4,5)6/h10-11H,7-9H2,1-6H3/b11-10-. The molecule has 0 aliphatic carbocycles. The van der Waals surface area contributed by atoms with Gasteiger partial charge in [-0.05, 0) is 0 Å². The Hall–Kier alpha value is 0.283. The minimum atomic E-state index is -1.52. The summed E-state index contributed by atoms with van der Waals surface area (Å²) in [6.45, 7) is 14.0. The number of hydrogen-bond acceptors (Lipinski definition) is 0. The second-order valence-corrected chi connectivity index (χ2v) is 16.0. The normalized spacial score (nSPS) is 14.0. The predicted octanol–water partition coefficient (Wildman–Crippen LogP) is 4.64. The average molecular weight is 243 g/mol. The summed E-state index contributed by atoms with van der Waals surface area (Å²) < 4.78 is 0. The summed E-state index contributed by atoms with van der Waals surface area (Å²) >= 11 is -1.52. The quantitative estimate of drug-likeness (QED) is 0.631. The summed E-state index contributed by atoms with van der Waals surface area (Å²) in [5, 5.41) is 4.33. The van der Waals surface area contributed by atoms with Crippen LogP contribution in [0.2, 0.25) is 15.8 Å². The molecule has 0 aliphatic rings. The maximum absolute atomic E-state index is 2.62. The fourth-order valence-corrected chi connectivity index (χ4v) is 7.95. The fourth-order valence-electron chi connectivity index (χ4n) is 1.53. The van der Waals surface area contributed by atoms with Gasteiger partial charge in [-0.2, -0.15) is 0 Å². The van der Waals surface area contributed by atoms with Crippen LogP contribution in [0.3, 0.4) is 0 Å². The molecule has 13 heavy (non-hydrogen) atoms. The Bertz CT molecular complexity index is 150. The minimum absolute atomic E-state index is 0.371. The molecule has 0 aromatic heterocycles. The molecule has 0 amide bonds. The molecule has 0 N–H and O–H groups in total. The van der Waals surface area contributed by atoms with E-state index < -0.39 is 13.3 Å². The first-order valence-electron chi connectivity index (χ1n) is 5.59. The Balaban J connectivity index is 4.51. The summed E-state index contributed by atoms with van der Waals surface area (Å²) in [5.74, 6) is 0. The van der Waals surface area contributed by atoms with Crippen molar-refractivity contribution >= 4 is 13.3 Å². The van der Waals surface area contributed by atoms with Crippen LogP contribution in [-0.2, 0) is 0 Å². The van der Waals surface area contributed by atoms with Gasteiger partial charge < -0.3 is 0 Å². The molecule has 0 saturated carbocycles. The molecule has 0 saturated heterocycles. The first-order valence-corrected chi connectivity index (χ1v) is 11.3. The van der Waals surface area contributed by atoms with Gasteiger partial charge in [0.1, 0.15) is 0 Å². The van der Waals surface area contributed by atoms with Crippen LogP contribution in [-0.4, -0.2) is 13.3 Å². The zero-order valence-corrected chi connectivity index (χ0v) is 12.4. The third-order valence-corrected chi connectivity index (χ3v) is 13.7. The molecule has 0 aromatic carbocycles. The average Bonchev–Trinajstić information content (AvgIpc) is 2.06. The van der Waals surface area contributed by atoms with Crippen molar-refractivity contribution in [1.82, 2.24) is 0 Å². The van der Waals surface area contributed by atoms with E-state index in [9.17, 15) is 0 Å². The van der Waals surface area contributed by atoms with E-state index >= 15 is 0 Å². The van der Waals surface area contributed by atoms with Crippen LogP contribution in [0.5, 0.6) is 0 Å². The molecule has 0 aromatic rings. The molecule has 0 bridgehead atoms. The van der Waals surface area contributed by atoms with Crippen molar-refractivity contribution < 1.29 is 0 Å². The molecule has 78 valence electrons. The van der Waals surface area contributed by atoms with Crippen LogP contribution in [0.1, 0.15) is 41.5 Å². The van der Waals surface area contributed by atoms with Gasteiger partial charge in [0.15, 0.2) is 0 Å². The van der Waals surface area contributed by atoms with Crippen molar-refractivity contribution in [2.45, 2.75) is 57.3 Å². The van der Waals surface area contributed by atoms with Crippen molar-refractivity contribution in [2.24, 2.45) is 5.41 Å². The van der Waals surface area contributed by atoms with E-state index in [1.54, 1.807) is 0 Å². The van der Waals surface area contributed by atoms with Gasteiger partial charge in [-0.1, -0.05) is 0 Å². The Kier molecular flexibility index (Phi) is 5.35. The molecule has 0 rings (SSSR count). The van der Waals surface area contributed by atoms with Crippen LogP contribution in [0, 0.1) is 5.41 Å². The van der Waals surface area contributed by atoms with E-state index in [4.69, 9.17) is 0 Å². The maximum atomic E-state index is 2.62. The third kappa shape index (κ3) is 4.90. The third-order valence-electron chi connectivity index (χ3n) is 3.05. The van der Waals surface area contributed by atoms with Crippen molar-refractivity contribution in [2.75, 3.05) is 0 Å². The van der Waals surface area contributed by atoms with Crippen molar-refractivity contribution in [3.63, 3.8) is 0 Å². The molecule has 0 aliphatic heterocycles. The first-order chi connectivity index (χ1) is 5.89. The number of rotatable bonds is 4. The van der Waals surface area contributed by atoms with Crippen LogP contribution >= 0.6 is 0 Å². The van der Waals surface area contributed by atoms with Gasteiger partial charge in [0.2, 0.25) is 0 Å². The SMILES string of the molecule is C[CH2][Ge](/[CH]=C\C(C)(C)C)([CH2]C)[CH2]C. The first kappa shape index (κ1) is 13.3. The summed E-state index contributed by atoms with van der Waals surface area (Å²) in [7, 11) is 0. The summed E-state index contributed by atoms with van der Waals surface area (Å²) in [4.78, 5) is 2.62. The van der Waals surface area contributed by atoms with Gasteiger partial charge >= 0.3 is 87.0 Å². The Morgan fingerprint density at radius 1 is 0.923 bits per heavy atom. The van der Waals surface area contributed by atoms with E-state index in [1.165, 1.54) is 15.8 Å². The van der Waals surface area contributed by atoms with Gasteiger partial charge in [0.25, 0.3) is 0 Å². The van der Waals surface area contributed by atoms with E-state index in [-0.39, 0.29) is 0 Å². The molecule has 0 spiro atoms. The zero-order valence-electron chi connectivity index (χ0n) is 10.3. The van der Waals surface area contributed by atoms with Crippen LogP contribution in [0.4, 0.5) is 0 Å². The predicted molar refractivity (Wildman–Crippen MR) is 65.8 cm³/mol. The van der Waals surface area contributed by atoms with E-state index in [0.717, 1.165) is 0 Å². The van der Waals surface area contributed by atoms with Crippen molar-refractivity contribution in [1.29, 1.82) is 0 Å². The molecule has 0 unspecified atom stereocenters. The van der Waals surface area contributed by atoms with Gasteiger partial charge in [-0.3, -0.25) is 0 Å². The molecule has 0 fully saturated rings. The molecule has 0 heterocycles. The van der Waals surface area contributed by atoms with E-state index in [2.05, 4.69) is 52.5 Å². The number of allylic oxidation sites excluding steroid dienone is 1. The van der Waals surface area contributed by atoms with Crippen molar-refractivity contribution in [3.8, 4) is 0 Å². The monoisotopic (exact) mass is 244 g/mol. The van der Waals surface area contributed by atoms with Gasteiger partial charge in [0.05, 0.1) is 0 Å². The molecule has 0 nitrogen and oxygen atoms in total. The topological polar surface area (TPSA) is 0 Å². The second kappa shape index (κ2) is 5.23. The Morgan fingerprint density at radius 2 is 1.31 bits per heavy atom. The Labute approximate surface area is 87.2 Å². The van der Waals surface area contributed by atoms with E-state index in [0.29, 0.717) is 5.41 Å². The van der Waals surface area contributed by atoms with Crippen LogP contribution < -0.4 is 0 Å². The molecule has 0 atom stereocenters. The molecule has 1 heteroatoms. The summed E-state index contributed by atoms with van der Waals surface area (Å²) in [6.07, 6.45) is 2.45. The Morgan fingerprint density at radius 3 is 1.54 bits per heavy atom. The summed E-state index contributed by atoms with van der Waals surface area (Å²) in [6, 6.07) is 0. The van der Waals surface area contributed by atoms with Gasteiger partial charge in [-0.25, -0.2) is 0 Å². The van der Waals surface area contributed by atoms with Gasteiger partial charge in [0, 0.05) is 0 Å². The molecular formula is C12H26Ge. The summed E-state index contributed by atoms with van der Waals surface area (Å²) in [5.41, 5.74) is 0.371. The molecular weight excluding hydrogens is 217 g/mol. The van der Waals surface area contributed by atoms with Crippen LogP contribution in [0.25, 0.3) is 0 Å². The second-order valence-electron chi connectivity index (χ2n) is 5.12. The zero-order chi connectivity index (χ0) is 10.5. The van der Waals surface area contributed by atoms with Crippen LogP contribution in [0.15, 0.2) is 11.0 Å². The molecule has 0 radical (unpaired) electrons. The van der Waals surface area contributed by atoms with Crippen molar-refractivity contribution in [3.05, 3.63) is 11.0 Å². The number of hydrogen-bond donors (Lipinski definition) is 0. The van der Waals surface area contributed by atoms with Gasteiger partial charge in [-0.15, -0.1) is 0 Å². The van der Waals surface area contributed by atoms with E-state index in [1.807, 2.05) is 0 Å².